The lowest BCUT2D eigenvalue weighted by Crippen LogP contribution is -2.53. The van der Waals surface area contributed by atoms with Gasteiger partial charge in [0.2, 0.25) is 0 Å². The average Bonchev–Trinajstić information content (AvgIpc) is 3.65. The molecule has 1 aliphatic carbocycles. The number of anilines is 1. The van der Waals surface area contributed by atoms with E-state index in [2.05, 4.69) is 16.7 Å². The second-order valence-electron chi connectivity index (χ2n) is 10.9. The molecule has 1 aliphatic heterocycles. The van der Waals surface area contributed by atoms with Gasteiger partial charge in [-0.15, -0.1) is 0 Å². The Morgan fingerprint density at radius 1 is 1.32 bits per heavy atom. The molecule has 1 aromatic carbocycles. The number of alkyl halides is 1. The van der Waals surface area contributed by atoms with Gasteiger partial charge < -0.3 is 19.9 Å². The van der Waals surface area contributed by atoms with Crippen molar-refractivity contribution in [1.29, 1.82) is 5.26 Å². The van der Waals surface area contributed by atoms with Gasteiger partial charge in [0, 0.05) is 18.3 Å². The summed E-state index contributed by atoms with van der Waals surface area (Å²) in [7, 11) is 0. The van der Waals surface area contributed by atoms with Crippen molar-refractivity contribution in [3.05, 3.63) is 62.8 Å². The van der Waals surface area contributed by atoms with Crippen LogP contribution in [0.3, 0.4) is 0 Å². The van der Waals surface area contributed by atoms with Crippen LogP contribution in [0, 0.1) is 25.2 Å². The van der Waals surface area contributed by atoms with Crippen LogP contribution in [0.15, 0.2) is 29.2 Å². The monoisotopic (exact) mass is 504 g/mol. The Bertz CT molecular complexity index is 1470. The zero-order valence-electron chi connectivity index (χ0n) is 22.0. The number of aryl methyl sites for hydroxylation is 1. The largest absolute Gasteiger partial charge is 0.370 e. The maximum absolute atomic E-state index is 14.3. The van der Waals surface area contributed by atoms with E-state index in [1.165, 1.54) is 0 Å². The molecule has 2 unspecified atom stereocenters. The standard InChI is InChI=1S/C28H33FN6O2/c1-16-19(13-30)7-6-8-20(16)17(2)32-25-21-14-35(28(15-29)9-10-28)26(36)22(23(21)33-18(3)34-25)24-27(4,5)31-11-12-37-24/h6-8,14,17,24,31H,9-12,15H2,1-5H3,(H,32,33,34). The van der Waals surface area contributed by atoms with Crippen LogP contribution in [0.25, 0.3) is 10.9 Å². The molecule has 2 aliphatic rings. The molecule has 2 fully saturated rings. The molecule has 1 saturated carbocycles. The van der Waals surface area contributed by atoms with Gasteiger partial charge in [-0.25, -0.2) is 14.4 Å². The fraction of sp³-hybridized carbons (Fsp3) is 0.500. The summed E-state index contributed by atoms with van der Waals surface area (Å²) in [6.07, 6.45) is 2.36. The minimum atomic E-state index is -0.836. The lowest BCUT2D eigenvalue weighted by Gasteiger charge is -2.40. The minimum Gasteiger partial charge on any atom is -0.370 e. The van der Waals surface area contributed by atoms with Crippen molar-refractivity contribution in [2.24, 2.45) is 0 Å². The van der Waals surface area contributed by atoms with Crippen molar-refractivity contribution in [1.82, 2.24) is 19.9 Å². The highest BCUT2D eigenvalue weighted by molar-refractivity contribution is 5.91. The van der Waals surface area contributed by atoms with Crippen LogP contribution < -0.4 is 16.2 Å². The summed E-state index contributed by atoms with van der Waals surface area (Å²) in [4.78, 5) is 23.4. The molecule has 2 aromatic heterocycles. The van der Waals surface area contributed by atoms with Gasteiger partial charge in [-0.1, -0.05) is 12.1 Å². The second-order valence-corrected chi connectivity index (χ2v) is 10.9. The number of fused-ring (bicyclic) bond motifs is 1. The fourth-order valence-electron chi connectivity index (χ4n) is 5.43. The zero-order valence-corrected chi connectivity index (χ0v) is 22.0. The molecule has 2 N–H and O–H groups in total. The maximum Gasteiger partial charge on any atom is 0.259 e. The van der Waals surface area contributed by atoms with Crippen molar-refractivity contribution in [3.8, 4) is 6.07 Å². The van der Waals surface area contributed by atoms with E-state index in [0.717, 1.165) is 11.1 Å². The topological polar surface area (TPSA) is 105 Å². The van der Waals surface area contributed by atoms with E-state index >= 15 is 0 Å². The van der Waals surface area contributed by atoms with E-state index in [1.54, 1.807) is 23.8 Å². The van der Waals surface area contributed by atoms with Gasteiger partial charge in [0.1, 0.15) is 24.4 Å². The smallest absolute Gasteiger partial charge is 0.259 e. The van der Waals surface area contributed by atoms with Crippen molar-refractivity contribution in [3.63, 3.8) is 0 Å². The SMILES string of the molecule is Cc1nc(NC(C)c2cccc(C#N)c2C)c2cn(C3(CF)CC3)c(=O)c(C3OCCNC3(C)C)c2n1. The number of pyridine rings is 1. The van der Waals surface area contributed by atoms with Crippen LogP contribution in [-0.4, -0.2) is 39.9 Å². The van der Waals surface area contributed by atoms with Crippen LogP contribution in [-0.2, 0) is 10.3 Å². The molecule has 8 nitrogen and oxygen atoms in total. The van der Waals surface area contributed by atoms with Gasteiger partial charge in [0.25, 0.3) is 5.56 Å². The third-order valence-corrected chi connectivity index (χ3v) is 7.81. The number of ether oxygens (including phenoxy) is 1. The lowest BCUT2D eigenvalue weighted by atomic mass is 9.89. The Morgan fingerprint density at radius 3 is 2.73 bits per heavy atom. The van der Waals surface area contributed by atoms with E-state index in [1.807, 2.05) is 39.8 Å². The predicted molar refractivity (Wildman–Crippen MR) is 140 cm³/mol. The average molecular weight is 505 g/mol. The van der Waals surface area contributed by atoms with Gasteiger partial charge >= 0.3 is 0 Å². The van der Waals surface area contributed by atoms with Gasteiger partial charge in [0.15, 0.2) is 0 Å². The summed E-state index contributed by atoms with van der Waals surface area (Å²) in [5, 5.41) is 17.1. The maximum atomic E-state index is 14.3. The van der Waals surface area contributed by atoms with Crippen LogP contribution in [0.1, 0.15) is 73.8 Å². The van der Waals surface area contributed by atoms with Crippen molar-refractivity contribution in [2.45, 2.75) is 70.7 Å². The van der Waals surface area contributed by atoms with Crippen LogP contribution in [0.4, 0.5) is 10.2 Å². The van der Waals surface area contributed by atoms with E-state index in [0.29, 0.717) is 59.7 Å². The van der Waals surface area contributed by atoms with E-state index < -0.39 is 23.9 Å². The lowest BCUT2D eigenvalue weighted by molar-refractivity contribution is -0.0391. The van der Waals surface area contributed by atoms with Crippen molar-refractivity contribution in [2.75, 3.05) is 25.1 Å². The van der Waals surface area contributed by atoms with Crippen molar-refractivity contribution >= 4 is 16.7 Å². The summed E-state index contributed by atoms with van der Waals surface area (Å²) in [5.74, 6) is 1.07. The number of nitriles is 1. The third kappa shape index (κ3) is 4.28. The Labute approximate surface area is 215 Å². The van der Waals surface area contributed by atoms with Gasteiger partial charge in [-0.2, -0.15) is 5.26 Å². The summed E-state index contributed by atoms with van der Waals surface area (Å²) >= 11 is 0. The number of nitrogens with zero attached hydrogens (tertiary/aromatic N) is 4. The Balaban J connectivity index is 1.72. The first-order valence-electron chi connectivity index (χ1n) is 12.7. The molecule has 5 rings (SSSR count). The molecule has 37 heavy (non-hydrogen) atoms. The summed E-state index contributed by atoms with van der Waals surface area (Å²) in [6, 6.07) is 7.71. The zero-order chi connectivity index (χ0) is 26.5. The fourth-order valence-corrected chi connectivity index (χ4v) is 5.43. The van der Waals surface area contributed by atoms with E-state index in [4.69, 9.17) is 14.7 Å². The number of nitrogens with one attached hydrogen (secondary N) is 2. The van der Waals surface area contributed by atoms with Gasteiger partial charge in [0.05, 0.1) is 46.3 Å². The highest BCUT2D eigenvalue weighted by Crippen LogP contribution is 2.45. The second kappa shape index (κ2) is 9.19. The first-order valence-corrected chi connectivity index (χ1v) is 12.7. The molecule has 3 aromatic rings. The molecule has 194 valence electrons. The molecular weight excluding hydrogens is 471 g/mol. The Morgan fingerprint density at radius 2 is 2.08 bits per heavy atom. The predicted octanol–water partition coefficient (Wildman–Crippen LogP) is 4.35. The molecule has 0 spiro atoms. The first kappa shape index (κ1) is 25.3. The van der Waals surface area contributed by atoms with Gasteiger partial charge in [-0.05, 0) is 64.7 Å². The molecule has 0 amide bonds. The number of halogens is 1. The summed E-state index contributed by atoms with van der Waals surface area (Å²) in [6.45, 7) is 10.3. The Hall–Kier alpha value is -3.35. The van der Waals surface area contributed by atoms with E-state index in [-0.39, 0.29) is 11.6 Å². The molecule has 3 heterocycles. The molecule has 0 radical (unpaired) electrons. The van der Waals surface area contributed by atoms with Gasteiger partial charge in [-0.3, -0.25) is 4.79 Å². The molecule has 0 bridgehead atoms. The number of hydrogen-bond donors (Lipinski definition) is 2. The minimum absolute atomic E-state index is 0.185. The highest BCUT2D eigenvalue weighted by Gasteiger charge is 2.47. The number of rotatable bonds is 6. The summed E-state index contributed by atoms with van der Waals surface area (Å²) in [5.41, 5.74) is 1.81. The molecular formula is C28H33FN6O2. The van der Waals surface area contributed by atoms with E-state index in [9.17, 15) is 14.4 Å². The number of morpholine rings is 1. The molecule has 9 heteroatoms. The summed E-state index contributed by atoms with van der Waals surface area (Å²) < 4.78 is 22.0. The number of benzene rings is 1. The first-order chi connectivity index (χ1) is 17.6. The number of hydrogen-bond acceptors (Lipinski definition) is 7. The number of aromatic nitrogens is 3. The third-order valence-electron chi connectivity index (χ3n) is 7.81. The Kier molecular flexibility index (Phi) is 6.29. The molecule has 2 atom stereocenters. The van der Waals surface area contributed by atoms with Crippen LogP contribution >= 0.6 is 0 Å². The van der Waals surface area contributed by atoms with Crippen LogP contribution in [0.5, 0.6) is 0 Å². The highest BCUT2D eigenvalue weighted by atomic mass is 19.1. The normalized spacial score (nSPS) is 20.8. The quantitative estimate of drug-likeness (QED) is 0.514. The van der Waals surface area contributed by atoms with Crippen LogP contribution in [0.2, 0.25) is 0 Å². The molecule has 1 saturated heterocycles. The van der Waals surface area contributed by atoms with Crippen molar-refractivity contribution < 1.29 is 9.13 Å².